The van der Waals surface area contributed by atoms with Crippen LogP contribution in [0.5, 0.6) is 0 Å². The van der Waals surface area contributed by atoms with Crippen LogP contribution in [0.3, 0.4) is 0 Å². The fraction of sp³-hybridized carbons (Fsp3) is 0.200. The van der Waals surface area contributed by atoms with Crippen molar-refractivity contribution in [2.75, 3.05) is 11.9 Å². The van der Waals surface area contributed by atoms with Crippen LogP contribution in [0.2, 0.25) is 0 Å². The molecule has 0 aliphatic heterocycles. The van der Waals surface area contributed by atoms with Crippen molar-refractivity contribution in [3.8, 4) is 11.8 Å². The number of nitrogens with two attached hydrogens (primary N) is 1. The Morgan fingerprint density at radius 2 is 2.10 bits per heavy atom. The molecule has 1 amide bonds. The summed E-state index contributed by atoms with van der Waals surface area (Å²) in [6.07, 6.45) is 1.63. The van der Waals surface area contributed by atoms with Gasteiger partial charge in [0.15, 0.2) is 5.13 Å². The van der Waals surface area contributed by atoms with E-state index in [9.17, 15) is 4.79 Å². The molecule has 2 aromatic rings. The van der Waals surface area contributed by atoms with Gasteiger partial charge in [0.1, 0.15) is 0 Å². The number of rotatable bonds is 2. The van der Waals surface area contributed by atoms with Gasteiger partial charge in [0.25, 0.3) is 5.91 Å². The highest BCUT2D eigenvalue weighted by Crippen LogP contribution is 2.20. The topological polar surface area (TPSA) is 68.0 Å². The Balaban J connectivity index is 2.18. The van der Waals surface area contributed by atoms with Gasteiger partial charge < -0.3 is 5.73 Å². The van der Waals surface area contributed by atoms with E-state index in [2.05, 4.69) is 22.1 Å². The van der Waals surface area contributed by atoms with E-state index in [0.29, 0.717) is 17.2 Å². The molecule has 0 saturated heterocycles. The number of thiazole rings is 1. The molecule has 1 heterocycles. The second-order valence-electron chi connectivity index (χ2n) is 4.26. The first kappa shape index (κ1) is 14.3. The molecular weight excluding hydrogens is 270 g/mol. The van der Waals surface area contributed by atoms with Crippen LogP contribution >= 0.6 is 11.3 Å². The van der Waals surface area contributed by atoms with Crippen LogP contribution < -0.4 is 11.1 Å². The van der Waals surface area contributed by atoms with Crippen molar-refractivity contribution in [2.24, 2.45) is 5.73 Å². The van der Waals surface area contributed by atoms with E-state index < -0.39 is 0 Å². The van der Waals surface area contributed by atoms with E-state index in [4.69, 9.17) is 5.73 Å². The lowest BCUT2D eigenvalue weighted by Crippen LogP contribution is -2.14. The molecule has 4 nitrogen and oxygen atoms in total. The summed E-state index contributed by atoms with van der Waals surface area (Å²) in [5, 5.41) is 3.35. The van der Waals surface area contributed by atoms with Gasteiger partial charge in [-0.15, -0.1) is 0 Å². The molecule has 0 aliphatic carbocycles. The van der Waals surface area contributed by atoms with Gasteiger partial charge in [0, 0.05) is 5.56 Å². The Hall–Kier alpha value is -2.16. The quantitative estimate of drug-likeness (QED) is 0.832. The molecule has 1 aromatic heterocycles. The minimum Gasteiger partial charge on any atom is -0.320 e. The van der Waals surface area contributed by atoms with Gasteiger partial charge in [-0.25, -0.2) is 4.98 Å². The van der Waals surface area contributed by atoms with Crippen LogP contribution in [0.15, 0.2) is 24.4 Å². The second kappa shape index (κ2) is 6.33. The zero-order chi connectivity index (χ0) is 14.5. The number of hydrogen-bond donors (Lipinski definition) is 2. The van der Waals surface area contributed by atoms with E-state index in [1.165, 1.54) is 11.3 Å². The third-order valence-corrected chi connectivity index (χ3v) is 3.58. The molecule has 0 unspecified atom stereocenters. The summed E-state index contributed by atoms with van der Waals surface area (Å²) in [6.45, 7) is 4.14. The molecule has 0 bridgehead atoms. The number of benzene rings is 1. The Kier molecular flexibility index (Phi) is 4.51. The zero-order valence-corrected chi connectivity index (χ0v) is 12.2. The summed E-state index contributed by atoms with van der Waals surface area (Å²) in [4.78, 5) is 17.2. The number of nitrogens with one attached hydrogen (secondary N) is 1. The molecule has 0 saturated carbocycles. The van der Waals surface area contributed by atoms with Gasteiger partial charge in [0.05, 0.1) is 17.6 Å². The summed E-state index contributed by atoms with van der Waals surface area (Å²) in [5.41, 5.74) is 7.90. The van der Waals surface area contributed by atoms with E-state index in [1.54, 1.807) is 6.20 Å². The number of amides is 1. The first-order chi connectivity index (χ1) is 9.61. The third-order valence-electron chi connectivity index (χ3n) is 2.75. The van der Waals surface area contributed by atoms with Gasteiger partial charge in [-0.1, -0.05) is 41.4 Å². The molecule has 0 radical (unpaired) electrons. The fourth-order valence-electron chi connectivity index (χ4n) is 1.86. The van der Waals surface area contributed by atoms with Gasteiger partial charge in [-0.05, 0) is 25.0 Å². The summed E-state index contributed by atoms with van der Waals surface area (Å²) >= 11 is 1.34. The van der Waals surface area contributed by atoms with Crippen molar-refractivity contribution in [2.45, 2.75) is 13.8 Å². The number of carbonyl (C=O) groups is 1. The van der Waals surface area contributed by atoms with Crippen molar-refractivity contribution in [1.82, 2.24) is 4.98 Å². The molecule has 3 N–H and O–H groups in total. The van der Waals surface area contributed by atoms with Crippen molar-refractivity contribution in [1.29, 1.82) is 0 Å². The average molecular weight is 285 g/mol. The van der Waals surface area contributed by atoms with Crippen LogP contribution in [-0.2, 0) is 0 Å². The van der Waals surface area contributed by atoms with Gasteiger partial charge >= 0.3 is 0 Å². The van der Waals surface area contributed by atoms with Crippen molar-refractivity contribution in [3.63, 3.8) is 0 Å². The van der Waals surface area contributed by atoms with E-state index in [1.807, 2.05) is 32.0 Å². The maximum absolute atomic E-state index is 12.3. The van der Waals surface area contributed by atoms with Crippen molar-refractivity contribution >= 4 is 22.4 Å². The maximum Gasteiger partial charge on any atom is 0.257 e. The SMILES string of the molecule is Cc1cccc(C)c1C(=O)Nc1ncc(C#CCN)s1. The lowest BCUT2D eigenvalue weighted by Gasteiger charge is -2.08. The molecule has 1 aromatic carbocycles. The van der Waals surface area contributed by atoms with Crippen LogP contribution in [0.4, 0.5) is 5.13 Å². The summed E-state index contributed by atoms with van der Waals surface area (Å²) < 4.78 is 0. The maximum atomic E-state index is 12.3. The largest absolute Gasteiger partial charge is 0.320 e. The minimum atomic E-state index is -0.145. The number of nitrogens with zero attached hydrogens (tertiary/aromatic N) is 1. The van der Waals surface area contributed by atoms with Crippen LogP contribution in [0, 0.1) is 25.7 Å². The summed E-state index contributed by atoms with van der Waals surface area (Å²) in [5.74, 6) is 5.50. The number of aryl methyl sites for hydroxylation is 2. The molecule has 20 heavy (non-hydrogen) atoms. The predicted octanol–water partition coefficient (Wildman–Crippen LogP) is 2.32. The molecular formula is C15H15N3OS. The minimum absolute atomic E-state index is 0.145. The Morgan fingerprint density at radius 3 is 2.75 bits per heavy atom. The lowest BCUT2D eigenvalue weighted by molar-refractivity contribution is 0.102. The highest BCUT2D eigenvalue weighted by atomic mass is 32.1. The molecule has 2 rings (SSSR count). The lowest BCUT2D eigenvalue weighted by atomic mass is 10.0. The van der Waals surface area contributed by atoms with Gasteiger partial charge in [-0.3, -0.25) is 10.1 Å². The first-order valence-electron chi connectivity index (χ1n) is 6.14. The predicted molar refractivity (Wildman–Crippen MR) is 81.9 cm³/mol. The summed E-state index contributed by atoms with van der Waals surface area (Å²) in [7, 11) is 0. The average Bonchev–Trinajstić information content (AvgIpc) is 2.83. The molecule has 5 heteroatoms. The molecule has 0 aliphatic rings. The second-order valence-corrected chi connectivity index (χ2v) is 5.29. The summed E-state index contributed by atoms with van der Waals surface area (Å²) in [6, 6.07) is 5.77. The number of hydrogen-bond acceptors (Lipinski definition) is 4. The van der Waals surface area contributed by atoms with E-state index in [-0.39, 0.29) is 5.91 Å². The third kappa shape index (κ3) is 3.23. The van der Waals surface area contributed by atoms with Crippen molar-refractivity contribution < 1.29 is 4.79 Å². The smallest absolute Gasteiger partial charge is 0.257 e. The van der Waals surface area contributed by atoms with Crippen molar-refractivity contribution in [3.05, 3.63) is 46.0 Å². The molecule has 0 fully saturated rings. The highest BCUT2D eigenvalue weighted by Gasteiger charge is 2.13. The van der Waals surface area contributed by atoms with E-state index >= 15 is 0 Å². The highest BCUT2D eigenvalue weighted by molar-refractivity contribution is 7.16. The Morgan fingerprint density at radius 1 is 1.40 bits per heavy atom. The zero-order valence-electron chi connectivity index (χ0n) is 11.4. The van der Waals surface area contributed by atoms with Crippen LogP contribution in [0.25, 0.3) is 0 Å². The normalized spacial score (nSPS) is 9.75. The van der Waals surface area contributed by atoms with Crippen LogP contribution in [0.1, 0.15) is 26.4 Å². The standard InChI is InChI=1S/C15H15N3OS/c1-10-5-3-6-11(2)13(10)14(19)18-15-17-9-12(20-15)7-4-8-16/h3,5-6,9H,8,16H2,1-2H3,(H,17,18,19). The Labute approximate surface area is 122 Å². The van der Waals surface area contributed by atoms with Crippen LogP contribution in [-0.4, -0.2) is 17.4 Å². The number of aromatic nitrogens is 1. The molecule has 0 atom stereocenters. The van der Waals surface area contributed by atoms with Gasteiger partial charge in [-0.2, -0.15) is 0 Å². The Bertz CT molecular complexity index is 674. The monoisotopic (exact) mass is 285 g/mol. The molecule has 0 spiro atoms. The number of anilines is 1. The van der Waals surface area contributed by atoms with Gasteiger partial charge in [0.2, 0.25) is 0 Å². The first-order valence-corrected chi connectivity index (χ1v) is 6.96. The fourth-order valence-corrected chi connectivity index (χ4v) is 2.55. The van der Waals surface area contributed by atoms with E-state index in [0.717, 1.165) is 16.0 Å². The molecule has 102 valence electrons. The number of carbonyl (C=O) groups excluding carboxylic acids is 1.